The molecule has 0 aliphatic carbocycles. The molecule has 2 fully saturated rings. The largest absolute Gasteiger partial charge is 0.370 e. The van der Waals surface area contributed by atoms with Gasteiger partial charge in [0.05, 0.1) is 12.2 Å². The fourth-order valence-electron chi connectivity index (χ4n) is 4.57. The molecule has 2 saturated heterocycles. The average molecular weight is 334 g/mol. The van der Waals surface area contributed by atoms with Crippen molar-refractivity contribution < 1.29 is 9.53 Å². The first-order chi connectivity index (χ1) is 11.2. The molecule has 3 aliphatic heterocycles. The van der Waals surface area contributed by atoms with Gasteiger partial charge in [0, 0.05) is 50.4 Å². The van der Waals surface area contributed by atoms with Crippen LogP contribution in [0.2, 0.25) is 0 Å². The second kappa shape index (κ2) is 6.19. The molecule has 0 unspecified atom stereocenters. The Balaban J connectivity index is 1.38. The van der Waals surface area contributed by atoms with Crippen LogP contribution in [0.4, 0.5) is 0 Å². The maximum absolute atomic E-state index is 11.5. The normalized spacial score (nSPS) is 25.5. The molecule has 0 saturated carbocycles. The lowest BCUT2D eigenvalue weighted by Gasteiger charge is -2.47. The van der Waals surface area contributed by atoms with Crippen molar-refractivity contribution in [1.29, 1.82) is 0 Å². The number of carbonyl (C=O) groups excluding carboxylic acids is 1. The van der Waals surface area contributed by atoms with Gasteiger partial charge in [-0.15, -0.1) is 11.3 Å². The molecule has 0 bridgehead atoms. The van der Waals surface area contributed by atoms with Crippen molar-refractivity contribution in [2.75, 3.05) is 32.8 Å². The Morgan fingerprint density at radius 3 is 2.70 bits per heavy atom. The van der Waals surface area contributed by atoms with E-state index < -0.39 is 0 Å². The second-order valence-electron chi connectivity index (χ2n) is 7.12. The third-order valence-electron chi connectivity index (χ3n) is 5.98. The van der Waals surface area contributed by atoms with Crippen LogP contribution in [0.1, 0.15) is 43.0 Å². The Morgan fingerprint density at radius 2 is 2.00 bits per heavy atom. The molecule has 23 heavy (non-hydrogen) atoms. The van der Waals surface area contributed by atoms with Crippen molar-refractivity contribution in [3.63, 3.8) is 0 Å². The van der Waals surface area contributed by atoms with Crippen LogP contribution in [-0.4, -0.2) is 54.5 Å². The zero-order valence-electron chi connectivity index (χ0n) is 13.9. The van der Waals surface area contributed by atoms with E-state index in [9.17, 15) is 4.79 Å². The predicted molar refractivity (Wildman–Crippen MR) is 91.7 cm³/mol. The second-order valence-corrected chi connectivity index (χ2v) is 8.12. The minimum atomic E-state index is -0.00975. The smallest absolute Gasteiger partial charge is 0.219 e. The van der Waals surface area contributed by atoms with E-state index in [0.717, 1.165) is 64.9 Å². The van der Waals surface area contributed by atoms with E-state index in [1.54, 1.807) is 11.8 Å². The molecular weight excluding hydrogens is 308 g/mol. The number of hydrogen-bond acceptors (Lipinski definition) is 4. The first kappa shape index (κ1) is 15.6. The lowest BCUT2D eigenvalue weighted by atomic mass is 9.81. The summed E-state index contributed by atoms with van der Waals surface area (Å²) in [5.74, 6) is 0.224. The standard InChI is InChI=1S/C18H26N2O2S/c1-14(21)19-8-2-15(3-9-19)20-10-6-18(7-11-20)16-5-13-23-17(16)4-12-22-18/h5,13,15H,2-4,6-12H2,1H3. The van der Waals surface area contributed by atoms with Gasteiger partial charge >= 0.3 is 0 Å². The Morgan fingerprint density at radius 1 is 1.26 bits per heavy atom. The SMILES string of the molecule is CC(=O)N1CCC(N2CCC3(CC2)OCCc2sccc23)CC1. The number of fused-ring (bicyclic) bond motifs is 2. The molecule has 1 aromatic rings. The van der Waals surface area contributed by atoms with Gasteiger partial charge in [-0.25, -0.2) is 0 Å². The molecule has 0 radical (unpaired) electrons. The topological polar surface area (TPSA) is 32.8 Å². The molecule has 4 heterocycles. The summed E-state index contributed by atoms with van der Waals surface area (Å²) in [6.07, 6.45) is 5.56. The fourth-order valence-corrected chi connectivity index (χ4v) is 5.52. The van der Waals surface area contributed by atoms with Crippen LogP contribution >= 0.6 is 11.3 Å². The van der Waals surface area contributed by atoms with Crippen molar-refractivity contribution in [1.82, 2.24) is 9.80 Å². The Hall–Kier alpha value is -0.910. The highest BCUT2D eigenvalue weighted by Gasteiger charge is 2.42. The third kappa shape index (κ3) is 2.83. The van der Waals surface area contributed by atoms with Gasteiger partial charge in [0.1, 0.15) is 0 Å². The maximum Gasteiger partial charge on any atom is 0.219 e. The summed E-state index contributed by atoms with van der Waals surface area (Å²) in [5, 5.41) is 2.23. The highest BCUT2D eigenvalue weighted by atomic mass is 32.1. The van der Waals surface area contributed by atoms with Crippen molar-refractivity contribution in [3.05, 3.63) is 21.9 Å². The monoisotopic (exact) mass is 334 g/mol. The van der Waals surface area contributed by atoms with Crippen LogP contribution in [0.25, 0.3) is 0 Å². The summed E-state index contributed by atoms with van der Waals surface area (Å²) >= 11 is 1.89. The van der Waals surface area contributed by atoms with Crippen LogP contribution in [0.5, 0.6) is 0 Å². The quantitative estimate of drug-likeness (QED) is 0.791. The lowest BCUT2D eigenvalue weighted by Crippen LogP contribution is -2.52. The van der Waals surface area contributed by atoms with Crippen molar-refractivity contribution in [2.24, 2.45) is 0 Å². The van der Waals surface area contributed by atoms with Gasteiger partial charge in [-0.05, 0) is 42.7 Å². The number of piperidine rings is 2. The first-order valence-electron chi connectivity index (χ1n) is 8.88. The average Bonchev–Trinajstić information content (AvgIpc) is 3.06. The minimum Gasteiger partial charge on any atom is -0.370 e. The van der Waals surface area contributed by atoms with E-state index in [0.29, 0.717) is 6.04 Å². The van der Waals surface area contributed by atoms with Crippen LogP contribution < -0.4 is 0 Å². The Labute approximate surface area is 142 Å². The predicted octanol–water partition coefficient (Wildman–Crippen LogP) is 2.62. The van der Waals surface area contributed by atoms with E-state index in [1.165, 1.54) is 5.56 Å². The van der Waals surface area contributed by atoms with Gasteiger partial charge in [0.25, 0.3) is 0 Å². The van der Waals surface area contributed by atoms with Gasteiger partial charge in [-0.3, -0.25) is 4.79 Å². The molecule has 0 N–H and O–H groups in total. The van der Waals surface area contributed by atoms with E-state index in [1.807, 2.05) is 16.2 Å². The van der Waals surface area contributed by atoms with Crippen molar-refractivity contribution in [3.8, 4) is 0 Å². The number of nitrogens with zero attached hydrogens (tertiary/aromatic N) is 2. The molecule has 3 aliphatic rings. The first-order valence-corrected chi connectivity index (χ1v) is 9.76. The van der Waals surface area contributed by atoms with Crippen LogP contribution in [0.15, 0.2) is 11.4 Å². The van der Waals surface area contributed by atoms with Gasteiger partial charge in [-0.2, -0.15) is 0 Å². The van der Waals surface area contributed by atoms with Crippen molar-refractivity contribution in [2.45, 2.75) is 50.7 Å². The number of hydrogen-bond donors (Lipinski definition) is 0. The lowest BCUT2D eigenvalue weighted by molar-refractivity contribution is -0.131. The third-order valence-corrected chi connectivity index (χ3v) is 6.96. The molecule has 4 rings (SSSR count). The summed E-state index contributed by atoms with van der Waals surface area (Å²) in [6, 6.07) is 2.94. The number of thiophene rings is 1. The molecule has 0 atom stereocenters. The molecule has 4 nitrogen and oxygen atoms in total. The number of ether oxygens (including phenoxy) is 1. The van der Waals surface area contributed by atoms with E-state index >= 15 is 0 Å². The van der Waals surface area contributed by atoms with E-state index in [4.69, 9.17) is 4.74 Å². The number of likely N-dealkylation sites (tertiary alicyclic amines) is 2. The maximum atomic E-state index is 11.5. The molecular formula is C18H26N2O2S. The molecule has 1 amide bonds. The van der Waals surface area contributed by atoms with Crippen LogP contribution in [0.3, 0.4) is 0 Å². The fraction of sp³-hybridized carbons (Fsp3) is 0.722. The van der Waals surface area contributed by atoms with Crippen LogP contribution in [0, 0.1) is 0 Å². The summed E-state index contributed by atoms with van der Waals surface area (Å²) in [7, 11) is 0. The number of amides is 1. The Kier molecular flexibility index (Phi) is 4.20. The van der Waals surface area contributed by atoms with Crippen molar-refractivity contribution >= 4 is 17.2 Å². The van der Waals surface area contributed by atoms with Gasteiger partial charge in [0.15, 0.2) is 0 Å². The highest BCUT2D eigenvalue weighted by molar-refractivity contribution is 7.10. The summed E-state index contributed by atoms with van der Waals surface area (Å²) in [5.41, 5.74) is 1.46. The highest BCUT2D eigenvalue weighted by Crippen LogP contribution is 2.43. The van der Waals surface area contributed by atoms with Gasteiger partial charge in [0.2, 0.25) is 5.91 Å². The summed E-state index contributed by atoms with van der Waals surface area (Å²) < 4.78 is 6.30. The Bertz CT molecular complexity index is 569. The number of rotatable bonds is 1. The zero-order chi connectivity index (χ0) is 15.9. The summed E-state index contributed by atoms with van der Waals surface area (Å²) in [4.78, 5) is 17.6. The summed E-state index contributed by atoms with van der Waals surface area (Å²) in [6.45, 7) is 6.66. The minimum absolute atomic E-state index is 0.00975. The molecule has 5 heteroatoms. The molecule has 126 valence electrons. The number of carbonyl (C=O) groups is 1. The molecule has 1 aromatic heterocycles. The van der Waals surface area contributed by atoms with E-state index in [2.05, 4.69) is 16.3 Å². The molecule has 0 aromatic carbocycles. The zero-order valence-corrected chi connectivity index (χ0v) is 14.7. The van der Waals surface area contributed by atoms with Crippen LogP contribution in [-0.2, 0) is 21.6 Å². The van der Waals surface area contributed by atoms with Gasteiger partial charge in [-0.1, -0.05) is 0 Å². The van der Waals surface area contributed by atoms with E-state index in [-0.39, 0.29) is 11.5 Å². The van der Waals surface area contributed by atoms with Gasteiger partial charge < -0.3 is 14.5 Å². The molecule has 1 spiro atoms.